The number of hydrogen-bond acceptors (Lipinski definition) is 3. The quantitative estimate of drug-likeness (QED) is 0.734. The SMILES string of the molecule is Cn1cc([C@@H](O)CN)c(C(C)(C)C)n1. The number of nitrogens with zero attached hydrogens (tertiary/aromatic N) is 2. The Morgan fingerprint density at radius 2 is 2.14 bits per heavy atom. The molecule has 0 amide bonds. The predicted octanol–water partition coefficient (Wildman–Crippen LogP) is 0.710. The molecular weight excluding hydrogens is 178 g/mol. The zero-order valence-corrected chi connectivity index (χ0v) is 9.28. The summed E-state index contributed by atoms with van der Waals surface area (Å²) in [7, 11) is 1.85. The van der Waals surface area contributed by atoms with Crippen molar-refractivity contribution >= 4 is 0 Å². The van der Waals surface area contributed by atoms with E-state index >= 15 is 0 Å². The molecule has 3 N–H and O–H groups in total. The summed E-state index contributed by atoms with van der Waals surface area (Å²) in [4.78, 5) is 0. The van der Waals surface area contributed by atoms with Gasteiger partial charge in [0.15, 0.2) is 0 Å². The Labute approximate surface area is 84.7 Å². The van der Waals surface area contributed by atoms with Gasteiger partial charge in [0.1, 0.15) is 0 Å². The average molecular weight is 197 g/mol. The number of aliphatic hydroxyl groups is 1. The smallest absolute Gasteiger partial charge is 0.0945 e. The molecule has 0 saturated heterocycles. The highest BCUT2D eigenvalue weighted by atomic mass is 16.3. The molecule has 0 radical (unpaired) electrons. The Balaban J connectivity index is 3.16. The number of rotatable bonds is 2. The first-order chi connectivity index (χ1) is 6.36. The predicted molar refractivity (Wildman–Crippen MR) is 55.9 cm³/mol. The zero-order valence-electron chi connectivity index (χ0n) is 9.28. The van der Waals surface area contributed by atoms with Crippen molar-refractivity contribution in [2.24, 2.45) is 12.8 Å². The van der Waals surface area contributed by atoms with Crippen LogP contribution in [0.3, 0.4) is 0 Å². The molecule has 14 heavy (non-hydrogen) atoms. The molecule has 0 aromatic carbocycles. The Morgan fingerprint density at radius 1 is 1.57 bits per heavy atom. The topological polar surface area (TPSA) is 64.1 Å². The van der Waals surface area contributed by atoms with Crippen LogP contribution in [0.5, 0.6) is 0 Å². The number of hydrogen-bond donors (Lipinski definition) is 2. The van der Waals surface area contributed by atoms with Crippen molar-refractivity contribution in [2.45, 2.75) is 32.3 Å². The number of nitrogens with two attached hydrogens (primary N) is 1. The van der Waals surface area contributed by atoms with E-state index in [1.807, 2.05) is 13.2 Å². The summed E-state index contributed by atoms with van der Waals surface area (Å²) in [6, 6.07) is 0. The number of aryl methyl sites for hydroxylation is 1. The van der Waals surface area contributed by atoms with Crippen LogP contribution < -0.4 is 5.73 Å². The van der Waals surface area contributed by atoms with Crippen LogP contribution in [0.15, 0.2) is 6.20 Å². The minimum Gasteiger partial charge on any atom is -0.387 e. The Kier molecular flexibility index (Phi) is 2.97. The molecule has 1 aromatic heterocycles. The van der Waals surface area contributed by atoms with Gasteiger partial charge in [-0.15, -0.1) is 0 Å². The number of aliphatic hydroxyl groups excluding tert-OH is 1. The molecule has 0 aliphatic rings. The van der Waals surface area contributed by atoms with Gasteiger partial charge in [-0.2, -0.15) is 5.10 Å². The second-order valence-electron chi connectivity index (χ2n) is 4.61. The maximum absolute atomic E-state index is 9.71. The molecule has 0 spiro atoms. The molecule has 4 nitrogen and oxygen atoms in total. The lowest BCUT2D eigenvalue weighted by Crippen LogP contribution is -2.19. The van der Waals surface area contributed by atoms with Crippen molar-refractivity contribution in [1.29, 1.82) is 0 Å². The molecule has 1 heterocycles. The lowest BCUT2D eigenvalue weighted by molar-refractivity contribution is 0.184. The molecule has 0 unspecified atom stereocenters. The van der Waals surface area contributed by atoms with Crippen molar-refractivity contribution in [3.8, 4) is 0 Å². The normalized spacial score (nSPS) is 14.4. The third-order valence-electron chi connectivity index (χ3n) is 2.15. The molecule has 0 bridgehead atoms. The van der Waals surface area contributed by atoms with Gasteiger partial charge in [0.25, 0.3) is 0 Å². The monoisotopic (exact) mass is 197 g/mol. The van der Waals surface area contributed by atoms with Crippen molar-refractivity contribution < 1.29 is 5.11 Å². The first-order valence-electron chi connectivity index (χ1n) is 4.78. The highest BCUT2D eigenvalue weighted by Gasteiger charge is 2.24. The van der Waals surface area contributed by atoms with E-state index in [0.717, 1.165) is 11.3 Å². The highest BCUT2D eigenvalue weighted by molar-refractivity contribution is 5.26. The molecule has 0 fully saturated rings. The van der Waals surface area contributed by atoms with Crippen LogP contribution in [-0.2, 0) is 12.5 Å². The summed E-state index contributed by atoms with van der Waals surface area (Å²) in [6.45, 7) is 6.45. The van der Waals surface area contributed by atoms with Crippen LogP contribution in [0.2, 0.25) is 0 Å². The van der Waals surface area contributed by atoms with Crippen LogP contribution in [0.25, 0.3) is 0 Å². The highest BCUT2D eigenvalue weighted by Crippen LogP contribution is 2.27. The van der Waals surface area contributed by atoms with E-state index in [0.29, 0.717) is 0 Å². The fourth-order valence-electron chi connectivity index (χ4n) is 1.46. The Hall–Kier alpha value is -0.870. The molecular formula is C10H19N3O. The summed E-state index contributed by atoms with van der Waals surface area (Å²) in [6.07, 6.45) is 1.22. The van der Waals surface area contributed by atoms with E-state index < -0.39 is 6.10 Å². The van der Waals surface area contributed by atoms with Gasteiger partial charge in [-0.05, 0) is 0 Å². The van der Waals surface area contributed by atoms with Crippen LogP contribution in [0.4, 0.5) is 0 Å². The first-order valence-corrected chi connectivity index (χ1v) is 4.78. The summed E-state index contributed by atoms with van der Waals surface area (Å²) in [5.74, 6) is 0. The van der Waals surface area contributed by atoms with E-state index in [2.05, 4.69) is 25.9 Å². The maximum atomic E-state index is 9.71. The van der Waals surface area contributed by atoms with Crippen LogP contribution >= 0.6 is 0 Å². The van der Waals surface area contributed by atoms with E-state index in [-0.39, 0.29) is 12.0 Å². The number of aromatic nitrogens is 2. The van der Waals surface area contributed by atoms with Crippen LogP contribution in [-0.4, -0.2) is 21.4 Å². The molecule has 0 aliphatic heterocycles. The van der Waals surface area contributed by atoms with E-state index in [1.54, 1.807) is 4.68 Å². The molecule has 0 aliphatic carbocycles. The molecule has 1 rings (SSSR count). The maximum Gasteiger partial charge on any atom is 0.0945 e. The summed E-state index contributed by atoms with van der Waals surface area (Å²) in [5, 5.41) is 14.1. The molecule has 4 heteroatoms. The molecule has 0 saturated carbocycles. The van der Waals surface area contributed by atoms with Gasteiger partial charge in [0, 0.05) is 30.8 Å². The fraction of sp³-hybridized carbons (Fsp3) is 0.700. The molecule has 1 atom stereocenters. The lowest BCUT2D eigenvalue weighted by Gasteiger charge is -2.19. The van der Waals surface area contributed by atoms with Crippen molar-refractivity contribution in [3.05, 3.63) is 17.5 Å². The van der Waals surface area contributed by atoms with Crippen molar-refractivity contribution in [2.75, 3.05) is 6.54 Å². The average Bonchev–Trinajstić information content (AvgIpc) is 2.45. The van der Waals surface area contributed by atoms with Gasteiger partial charge >= 0.3 is 0 Å². The largest absolute Gasteiger partial charge is 0.387 e. The van der Waals surface area contributed by atoms with Crippen LogP contribution in [0, 0.1) is 0 Å². The summed E-state index contributed by atoms with van der Waals surface area (Å²) in [5.41, 5.74) is 7.13. The van der Waals surface area contributed by atoms with E-state index in [4.69, 9.17) is 5.73 Å². The fourth-order valence-corrected chi connectivity index (χ4v) is 1.46. The third-order valence-corrected chi connectivity index (χ3v) is 2.15. The Morgan fingerprint density at radius 3 is 2.57 bits per heavy atom. The molecule has 80 valence electrons. The minimum atomic E-state index is -0.613. The van der Waals surface area contributed by atoms with Crippen molar-refractivity contribution in [3.63, 3.8) is 0 Å². The zero-order chi connectivity index (χ0) is 10.9. The Bertz CT molecular complexity index is 312. The summed E-state index contributed by atoms with van der Waals surface area (Å²) < 4.78 is 1.72. The molecule has 1 aromatic rings. The van der Waals surface area contributed by atoms with E-state index in [9.17, 15) is 5.11 Å². The van der Waals surface area contributed by atoms with Gasteiger partial charge in [-0.25, -0.2) is 0 Å². The third kappa shape index (κ3) is 2.13. The summed E-state index contributed by atoms with van der Waals surface area (Å²) >= 11 is 0. The van der Waals surface area contributed by atoms with Gasteiger partial charge in [-0.1, -0.05) is 20.8 Å². The van der Waals surface area contributed by atoms with Gasteiger partial charge < -0.3 is 10.8 Å². The minimum absolute atomic E-state index is 0.0628. The van der Waals surface area contributed by atoms with Gasteiger partial charge in [0.05, 0.1) is 11.8 Å². The van der Waals surface area contributed by atoms with Gasteiger partial charge in [0.2, 0.25) is 0 Å². The second-order valence-corrected chi connectivity index (χ2v) is 4.61. The van der Waals surface area contributed by atoms with Gasteiger partial charge in [-0.3, -0.25) is 4.68 Å². The first kappa shape index (κ1) is 11.2. The van der Waals surface area contributed by atoms with Crippen LogP contribution in [0.1, 0.15) is 38.1 Å². The standard InChI is InChI=1S/C10H19N3O/c1-10(2,3)9-7(8(14)5-11)6-13(4)12-9/h6,8,14H,5,11H2,1-4H3/t8-/m0/s1. The van der Waals surface area contributed by atoms with Crippen molar-refractivity contribution in [1.82, 2.24) is 9.78 Å². The lowest BCUT2D eigenvalue weighted by atomic mass is 9.88. The van der Waals surface area contributed by atoms with E-state index in [1.165, 1.54) is 0 Å². The second kappa shape index (κ2) is 3.71.